The van der Waals surface area contributed by atoms with E-state index in [0.29, 0.717) is 29.0 Å². The van der Waals surface area contributed by atoms with E-state index in [1.54, 1.807) is 23.1 Å². The molecule has 1 N–H and O–H groups in total. The summed E-state index contributed by atoms with van der Waals surface area (Å²) in [5.41, 5.74) is 2.06. The molecule has 0 atom stereocenters. The van der Waals surface area contributed by atoms with Gasteiger partial charge < -0.3 is 9.64 Å². The molecule has 2 aromatic carbocycles. The van der Waals surface area contributed by atoms with Crippen LogP contribution in [-0.2, 0) is 27.7 Å². The van der Waals surface area contributed by atoms with Crippen LogP contribution in [0.2, 0.25) is 0 Å². The summed E-state index contributed by atoms with van der Waals surface area (Å²) in [4.78, 5) is 27.8. The van der Waals surface area contributed by atoms with Crippen LogP contribution in [0.3, 0.4) is 0 Å². The number of fused-ring (bicyclic) bond motifs is 1. The number of ether oxygens (including phenoxy) is 1. The van der Waals surface area contributed by atoms with Gasteiger partial charge in [-0.25, -0.2) is 17.6 Å². The molecule has 10 heteroatoms. The molecule has 1 aliphatic heterocycles. The number of hydrogen-bond donors (Lipinski definition) is 1. The van der Waals surface area contributed by atoms with E-state index >= 15 is 0 Å². The molecule has 1 amide bonds. The number of benzene rings is 2. The Morgan fingerprint density at radius 2 is 1.91 bits per heavy atom. The lowest BCUT2D eigenvalue weighted by Crippen LogP contribution is -2.35. The average molecular weight is 489 g/mol. The highest BCUT2D eigenvalue weighted by Crippen LogP contribution is 2.37. The molecule has 0 saturated heterocycles. The van der Waals surface area contributed by atoms with Gasteiger partial charge in [0.25, 0.3) is 15.9 Å². The summed E-state index contributed by atoms with van der Waals surface area (Å²) in [6.45, 7) is 2.40. The molecule has 1 aromatic heterocycles. The van der Waals surface area contributed by atoms with Gasteiger partial charge in [0.2, 0.25) is 0 Å². The number of amides is 1. The molecule has 2 heterocycles. The summed E-state index contributed by atoms with van der Waals surface area (Å²) in [7, 11) is -3.03. The number of sulfonamides is 1. The second-order valence-corrected chi connectivity index (χ2v) is 10.6. The highest BCUT2D eigenvalue weighted by atomic mass is 32.2. The van der Waals surface area contributed by atoms with Gasteiger partial charge in [0, 0.05) is 17.0 Å². The first-order chi connectivity index (χ1) is 15.7. The van der Waals surface area contributed by atoms with E-state index < -0.39 is 21.8 Å². The Morgan fingerprint density at radius 3 is 2.61 bits per heavy atom. The van der Waals surface area contributed by atoms with Gasteiger partial charge in [-0.15, -0.1) is 11.3 Å². The maximum absolute atomic E-state index is 13.5. The topological polar surface area (TPSA) is 92.8 Å². The molecule has 0 spiro atoms. The molecule has 1 aliphatic rings. The van der Waals surface area contributed by atoms with Crippen molar-refractivity contribution < 1.29 is 27.1 Å². The van der Waals surface area contributed by atoms with Gasteiger partial charge in [-0.05, 0) is 49.2 Å². The van der Waals surface area contributed by atoms with Crippen molar-refractivity contribution in [3.8, 4) is 0 Å². The molecular weight excluding hydrogens is 467 g/mol. The minimum absolute atomic E-state index is 0.0356. The van der Waals surface area contributed by atoms with Crippen molar-refractivity contribution in [2.75, 3.05) is 18.4 Å². The summed E-state index contributed by atoms with van der Waals surface area (Å²) >= 11 is 0.917. The van der Waals surface area contributed by atoms with E-state index in [-0.39, 0.29) is 27.9 Å². The van der Waals surface area contributed by atoms with Gasteiger partial charge in [-0.2, -0.15) is 0 Å². The number of halogens is 1. The normalized spacial score (nSPS) is 13.4. The Morgan fingerprint density at radius 1 is 1.15 bits per heavy atom. The lowest BCUT2D eigenvalue weighted by molar-refractivity contribution is 0.0595. The van der Waals surface area contributed by atoms with Crippen molar-refractivity contribution in [1.29, 1.82) is 0 Å². The first kappa shape index (κ1) is 22.9. The van der Waals surface area contributed by atoms with Gasteiger partial charge >= 0.3 is 5.97 Å². The quantitative estimate of drug-likeness (QED) is 0.549. The highest BCUT2D eigenvalue weighted by Gasteiger charge is 2.35. The number of nitrogens with zero attached hydrogens (tertiary/aromatic N) is 1. The monoisotopic (exact) mass is 488 g/mol. The number of methoxy groups -OCH3 is 1. The maximum Gasteiger partial charge on any atom is 0.340 e. The number of thiophene rings is 1. The van der Waals surface area contributed by atoms with Crippen molar-refractivity contribution in [2.24, 2.45) is 0 Å². The molecule has 0 saturated carbocycles. The molecule has 3 aromatic rings. The predicted octanol–water partition coefficient (Wildman–Crippen LogP) is 3.98. The number of rotatable bonds is 5. The largest absolute Gasteiger partial charge is 0.465 e. The lowest BCUT2D eigenvalue weighted by atomic mass is 10.0. The van der Waals surface area contributed by atoms with Crippen LogP contribution in [0, 0.1) is 12.7 Å². The molecule has 0 aliphatic carbocycles. The van der Waals surface area contributed by atoms with Crippen molar-refractivity contribution in [3.05, 3.63) is 81.5 Å². The van der Waals surface area contributed by atoms with Crippen LogP contribution in [0.15, 0.2) is 52.7 Å². The Balaban J connectivity index is 1.70. The number of esters is 1. The van der Waals surface area contributed by atoms with Crippen LogP contribution in [0.5, 0.6) is 0 Å². The highest BCUT2D eigenvalue weighted by molar-refractivity contribution is 7.94. The number of aryl methyl sites for hydroxylation is 1. The van der Waals surface area contributed by atoms with Crippen molar-refractivity contribution in [3.63, 3.8) is 0 Å². The fourth-order valence-corrected chi connectivity index (χ4v) is 6.71. The number of nitrogens with one attached hydrogen (secondary N) is 1. The fourth-order valence-electron chi connectivity index (χ4n) is 3.76. The molecule has 0 unspecified atom stereocenters. The Kier molecular flexibility index (Phi) is 6.22. The maximum atomic E-state index is 13.5. The first-order valence-corrected chi connectivity index (χ1v) is 12.4. The van der Waals surface area contributed by atoms with Gasteiger partial charge in [-0.1, -0.05) is 23.8 Å². The van der Waals surface area contributed by atoms with Crippen LogP contribution in [-0.4, -0.2) is 38.8 Å². The fraction of sp³-hybridized carbons (Fsp3) is 0.217. The zero-order valence-corrected chi connectivity index (χ0v) is 19.6. The van der Waals surface area contributed by atoms with E-state index in [0.717, 1.165) is 23.0 Å². The second kappa shape index (κ2) is 8.95. The number of carbonyl (C=O) groups is 2. The molecule has 4 rings (SSSR count). The summed E-state index contributed by atoms with van der Waals surface area (Å²) in [5, 5.41) is 0. The summed E-state index contributed by atoms with van der Waals surface area (Å²) in [6.07, 6.45) is 0.309. The van der Waals surface area contributed by atoms with Crippen molar-refractivity contribution >= 4 is 38.9 Å². The van der Waals surface area contributed by atoms with Gasteiger partial charge in [0.1, 0.15) is 5.82 Å². The SMILES string of the molecule is COC(=O)c1c(S(=O)(=O)Nc2cccc(F)c2)sc2c1CCN(C(=O)c1cccc(C)c1)C2. The second-order valence-electron chi connectivity index (χ2n) is 7.62. The van der Waals surface area contributed by atoms with E-state index in [1.807, 2.05) is 13.0 Å². The molecule has 172 valence electrons. The molecule has 7 nitrogen and oxygen atoms in total. The van der Waals surface area contributed by atoms with Crippen LogP contribution >= 0.6 is 11.3 Å². The average Bonchev–Trinajstić information content (AvgIpc) is 3.17. The zero-order chi connectivity index (χ0) is 23.8. The summed E-state index contributed by atoms with van der Waals surface area (Å²) in [6, 6.07) is 12.3. The van der Waals surface area contributed by atoms with E-state index in [2.05, 4.69) is 4.72 Å². The first-order valence-electron chi connectivity index (χ1n) is 10.1. The van der Waals surface area contributed by atoms with E-state index in [9.17, 15) is 22.4 Å². The van der Waals surface area contributed by atoms with Crippen LogP contribution in [0.1, 0.15) is 36.7 Å². The van der Waals surface area contributed by atoms with Crippen molar-refractivity contribution in [1.82, 2.24) is 4.90 Å². The molecule has 0 fully saturated rings. The van der Waals surface area contributed by atoms with E-state index in [1.165, 1.54) is 25.3 Å². The van der Waals surface area contributed by atoms with Gasteiger partial charge in [0.05, 0.1) is 24.9 Å². The lowest BCUT2D eigenvalue weighted by Gasteiger charge is -2.27. The Hall–Kier alpha value is -3.24. The Bertz CT molecular complexity index is 1350. The van der Waals surface area contributed by atoms with Gasteiger partial charge in [-0.3, -0.25) is 9.52 Å². The zero-order valence-electron chi connectivity index (χ0n) is 17.9. The minimum atomic E-state index is -4.21. The third kappa shape index (κ3) is 4.62. The molecular formula is C23H21FN2O5S2. The molecule has 0 bridgehead atoms. The van der Waals surface area contributed by atoms with E-state index in [4.69, 9.17) is 4.74 Å². The van der Waals surface area contributed by atoms with Crippen molar-refractivity contribution in [2.45, 2.75) is 24.1 Å². The molecule has 33 heavy (non-hydrogen) atoms. The minimum Gasteiger partial charge on any atom is -0.465 e. The summed E-state index contributed by atoms with van der Waals surface area (Å²) < 4.78 is 46.8. The van der Waals surface area contributed by atoms with Gasteiger partial charge in [0.15, 0.2) is 4.21 Å². The summed E-state index contributed by atoms with van der Waals surface area (Å²) in [5.74, 6) is -1.54. The smallest absolute Gasteiger partial charge is 0.340 e. The van der Waals surface area contributed by atoms with Crippen LogP contribution in [0.4, 0.5) is 10.1 Å². The Labute approximate surface area is 194 Å². The third-order valence-electron chi connectivity index (χ3n) is 5.29. The number of anilines is 1. The molecule has 0 radical (unpaired) electrons. The number of carbonyl (C=O) groups excluding carboxylic acids is 2. The standard InChI is InChI=1S/C23H21FN2O5S2/c1-14-5-3-6-15(11-14)21(27)26-10-9-18-19(13-26)32-23(20(18)22(28)31-2)33(29,30)25-17-8-4-7-16(24)12-17/h3-8,11-12,25H,9-10,13H2,1-2H3. The number of hydrogen-bond acceptors (Lipinski definition) is 6. The third-order valence-corrected chi connectivity index (χ3v) is 8.40. The van der Waals surface area contributed by atoms with Crippen LogP contribution < -0.4 is 4.72 Å². The van der Waals surface area contributed by atoms with Crippen LogP contribution in [0.25, 0.3) is 0 Å². The predicted molar refractivity (Wildman–Crippen MR) is 122 cm³/mol.